The van der Waals surface area contributed by atoms with Crippen molar-refractivity contribution in [1.82, 2.24) is 9.80 Å². The van der Waals surface area contributed by atoms with Crippen molar-refractivity contribution >= 4 is 11.8 Å². The zero-order valence-electron chi connectivity index (χ0n) is 18.2. The molecule has 168 valence electrons. The fourth-order valence-electron chi connectivity index (χ4n) is 4.50. The van der Waals surface area contributed by atoms with Gasteiger partial charge in [0.1, 0.15) is 0 Å². The van der Waals surface area contributed by atoms with E-state index in [0.29, 0.717) is 43.2 Å². The Bertz CT molecular complexity index is 1050. The van der Waals surface area contributed by atoms with Crippen molar-refractivity contribution in [2.45, 2.75) is 12.3 Å². The summed E-state index contributed by atoms with van der Waals surface area (Å²) >= 11 is 0. The molecule has 1 aliphatic carbocycles. The van der Waals surface area contributed by atoms with E-state index >= 15 is 0 Å². The molecule has 2 aliphatic heterocycles. The quantitative estimate of drug-likeness (QED) is 0.714. The number of carbonyl (C=O) groups is 2. The molecule has 2 amide bonds. The van der Waals surface area contributed by atoms with Gasteiger partial charge in [-0.2, -0.15) is 0 Å². The predicted octanol–water partition coefficient (Wildman–Crippen LogP) is 2.52. The average Bonchev–Trinajstić information content (AvgIpc) is 3.51. The Morgan fingerprint density at radius 3 is 2.34 bits per heavy atom. The standard InChI is InChI=1S/C24H26N2O6/c1-29-19-5-4-16(12-21(19)30-2)23(27)25-7-9-26(10-8-25)24(28)18-13-17(18)15-3-6-20-22(11-15)32-14-31-20/h3-6,11-12,17-18H,7-10,13-14H2,1-2H3. The summed E-state index contributed by atoms with van der Waals surface area (Å²) in [6.07, 6.45) is 0.850. The third-order valence-electron chi connectivity index (χ3n) is 6.44. The number of piperazine rings is 1. The van der Waals surface area contributed by atoms with Gasteiger partial charge in [0.2, 0.25) is 12.7 Å². The maximum Gasteiger partial charge on any atom is 0.254 e. The summed E-state index contributed by atoms with van der Waals surface area (Å²) in [4.78, 5) is 29.6. The largest absolute Gasteiger partial charge is 0.493 e. The maximum absolute atomic E-state index is 13.0. The zero-order chi connectivity index (χ0) is 22.2. The van der Waals surface area contributed by atoms with E-state index in [1.54, 1.807) is 37.3 Å². The number of nitrogens with zero attached hydrogens (tertiary/aromatic N) is 2. The minimum Gasteiger partial charge on any atom is -0.493 e. The average molecular weight is 438 g/mol. The molecule has 32 heavy (non-hydrogen) atoms. The van der Waals surface area contributed by atoms with Gasteiger partial charge >= 0.3 is 0 Å². The molecule has 2 fully saturated rings. The number of hydrogen-bond donors (Lipinski definition) is 0. The smallest absolute Gasteiger partial charge is 0.254 e. The summed E-state index contributed by atoms with van der Waals surface area (Å²) in [5, 5.41) is 0. The van der Waals surface area contributed by atoms with Crippen LogP contribution < -0.4 is 18.9 Å². The molecule has 8 nitrogen and oxygen atoms in total. The van der Waals surface area contributed by atoms with Crippen LogP contribution in [0.4, 0.5) is 0 Å². The van der Waals surface area contributed by atoms with Crippen molar-refractivity contribution < 1.29 is 28.5 Å². The molecule has 3 aliphatic rings. The minimum atomic E-state index is -0.0669. The molecule has 1 saturated heterocycles. The first kappa shape index (κ1) is 20.5. The van der Waals surface area contributed by atoms with E-state index in [0.717, 1.165) is 23.5 Å². The first-order chi connectivity index (χ1) is 15.6. The van der Waals surface area contributed by atoms with Crippen molar-refractivity contribution in [2.75, 3.05) is 47.2 Å². The van der Waals surface area contributed by atoms with E-state index in [-0.39, 0.29) is 30.4 Å². The monoisotopic (exact) mass is 438 g/mol. The molecule has 5 rings (SSSR count). The van der Waals surface area contributed by atoms with Crippen LogP contribution in [0.25, 0.3) is 0 Å². The molecule has 0 spiro atoms. The maximum atomic E-state index is 13.0. The van der Waals surface area contributed by atoms with Crippen LogP contribution in [0.5, 0.6) is 23.0 Å². The number of ether oxygens (including phenoxy) is 4. The van der Waals surface area contributed by atoms with Crippen LogP contribution in [0.15, 0.2) is 36.4 Å². The van der Waals surface area contributed by atoms with Gasteiger partial charge in [-0.1, -0.05) is 6.07 Å². The predicted molar refractivity (Wildman–Crippen MR) is 115 cm³/mol. The van der Waals surface area contributed by atoms with Gasteiger partial charge in [-0.15, -0.1) is 0 Å². The Labute approximate surface area is 186 Å². The molecule has 0 radical (unpaired) electrons. The molecular formula is C24H26N2O6. The summed E-state index contributed by atoms with van der Waals surface area (Å²) in [5.74, 6) is 2.95. The van der Waals surface area contributed by atoms with Crippen LogP contribution in [0.2, 0.25) is 0 Å². The van der Waals surface area contributed by atoms with Gasteiger partial charge in [0, 0.05) is 37.7 Å². The number of methoxy groups -OCH3 is 2. The molecule has 0 N–H and O–H groups in total. The third-order valence-corrected chi connectivity index (χ3v) is 6.44. The van der Waals surface area contributed by atoms with E-state index in [1.165, 1.54) is 0 Å². The molecule has 2 atom stereocenters. The van der Waals surface area contributed by atoms with Crippen LogP contribution in [0, 0.1) is 5.92 Å². The van der Waals surface area contributed by atoms with Crippen LogP contribution >= 0.6 is 0 Å². The number of carbonyl (C=O) groups excluding carboxylic acids is 2. The van der Waals surface area contributed by atoms with Crippen molar-refractivity contribution in [1.29, 1.82) is 0 Å². The molecule has 2 aromatic carbocycles. The highest BCUT2D eigenvalue weighted by Crippen LogP contribution is 2.50. The fraction of sp³-hybridized carbons (Fsp3) is 0.417. The van der Waals surface area contributed by atoms with Gasteiger partial charge in [-0.3, -0.25) is 9.59 Å². The molecule has 0 bridgehead atoms. The van der Waals surface area contributed by atoms with Gasteiger partial charge in [0.25, 0.3) is 5.91 Å². The summed E-state index contributed by atoms with van der Waals surface area (Å²) in [5.41, 5.74) is 1.67. The van der Waals surface area contributed by atoms with Crippen LogP contribution in [-0.2, 0) is 4.79 Å². The number of fused-ring (bicyclic) bond motifs is 1. The van der Waals surface area contributed by atoms with E-state index in [1.807, 2.05) is 23.1 Å². The first-order valence-corrected chi connectivity index (χ1v) is 10.8. The highest BCUT2D eigenvalue weighted by Gasteiger charge is 2.46. The third kappa shape index (κ3) is 3.70. The Morgan fingerprint density at radius 1 is 0.875 bits per heavy atom. The topological polar surface area (TPSA) is 77.5 Å². The van der Waals surface area contributed by atoms with Crippen molar-refractivity contribution in [3.63, 3.8) is 0 Å². The Balaban J connectivity index is 1.17. The molecule has 2 heterocycles. The molecule has 2 aromatic rings. The first-order valence-electron chi connectivity index (χ1n) is 10.8. The lowest BCUT2D eigenvalue weighted by Crippen LogP contribution is -2.51. The van der Waals surface area contributed by atoms with Gasteiger partial charge in [0.05, 0.1) is 14.2 Å². The summed E-state index contributed by atoms with van der Waals surface area (Å²) in [7, 11) is 3.11. The van der Waals surface area contributed by atoms with Crippen LogP contribution in [-0.4, -0.2) is 68.8 Å². The highest BCUT2D eigenvalue weighted by molar-refractivity contribution is 5.95. The van der Waals surface area contributed by atoms with Crippen molar-refractivity contribution in [3.8, 4) is 23.0 Å². The second-order valence-corrected chi connectivity index (χ2v) is 8.25. The van der Waals surface area contributed by atoms with Gasteiger partial charge in [-0.05, 0) is 48.2 Å². The molecular weight excluding hydrogens is 412 g/mol. The molecule has 0 aromatic heterocycles. The number of benzene rings is 2. The number of rotatable bonds is 5. The summed E-state index contributed by atoms with van der Waals surface area (Å²) in [6.45, 7) is 2.36. The second kappa shape index (κ2) is 8.26. The number of hydrogen-bond acceptors (Lipinski definition) is 6. The minimum absolute atomic E-state index is 0.00322. The lowest BCUT2D eigenvalue weighted by molar-refractivity contribution is -0.134. The van der Waals surface area contributed by atoms with E-state index in [9.17, 15) is 9.59 Å². The summed E-state index contributed by atoms with van der Waals surface area (Å²) in [6, 6.07) is 11.1. The van der Waals surface area contributed by atoms with E-state index < -0.39 is 0 Å². The van der Waals surface area contributed by atoms with Gasteiger partial charge in [-0.25, -0.2) is 0 Å². The van der Waals surface area contributed by atoms with E-state index in [4.69, 9.17) is 18.9 Å². The lowest BCUT2D eigenvalue weighted by Gasteiger charge is -2.35. The highest BCUT2D eigenvalue weighted by atomic mass is 16.7. The van der Waals surface area contributed by atoms with E-state index in [2.05, 4.69) is 0 Å². The Morgan fingerprint density at radius 2 is 1.59 bits per heavy atom. The van der Waals surface area contributed by atoms with Crippen LogP contribution in [0.3, 0.4) is 0 Å². The molecule has 2 unspecified atom stereocenters. The molecule has 8 heteroatoms. The van der Waals surface area contributed by atoms with Crippen molar-refractivity contribution in [3.05, 3.63) is 47.5 Å². The Hall–Kier alpha value is -3.42. The Kier molecular flexibility index (Phi) is 5.28. The summed E-state index contributed by atoms with van der Waals surface area (Å²) < 4.78 is 21.4. The van der Waals surface area contributed by atoms with Gasteiger partial charge in [0.15, 0.2) is 23.0 Å². The molecule has 1 saturated carbocycles. The normalized spacial score (nSPS) is 21.3. The SMILES string of the molecule is COc1ccc(C(=O)N2CCN(C(=O)C3CC3c3ccc4c(c3)OCO4)CC2)cc1OC. The fourth-order valence-corrected chi connectivity index (χ4v) is 4.50. The van der Waals surface area contributed by atoms with Crippen molar-refractivity contribution in [2.24, 2.45) is 5.92 Å². The number of amides is 2. The zero-order valence-corrected chi connectivity index (χ0v) is 18.2. The van der Waals surface area contributed by atoms with Crippen LogP contribution in [0.1, 0.15) is 28.3 Å². The van der Waals surface area contributed by atoms with Gasteiger partial charge < -0.3 is 28.7 Å². The lowest BCUT2D eigenvalue weighted by atomic mass is 10.1. The second-order valence-electron chi connectivity index (χ2n) is 8.25.